The van der Waals surface area contributed by atoms with Crippen LogP contribution in [0.5, 0.6) is 0 Å². The molecule has 0 fully saturated rings. The summed E-state index contributed by atoms with van der Waals surface area (Å²) in [5.41, 5.74) is 1.27. The number of aliphatic imine (C=N–C) groups is 1. The summed E-state index contributed by atoms with van der Waals surface area (Å²) in [4.78, 5) is 9.95. The molecule has 0 saturated carbocycles. The first-order valence-electron chi connectivity index (χ1n) is 7.57. The van der Waals surface area contributed by atoms with E-state index in [4.69, 9.17) is 0 Å². The summed E-state index contributed by atoms with van der Waals surface area (Å²) in [6, 6.07) is 0. The summed E-state index contributed by atoms with van der Waals surface area (Å²) in [5.74, 6) is 0.819. The van der Waals surface area contributed by atoms with E-state index in [-0.39, 0.29) is 24.0 Å². The van der Waals surface area contributed by atoms with Crippen molar-refractivity contribution < 1.29 is 0 Å². The van der Waals surface area contributed by atoms with Crippen molar-refractivity contribution in [2.45, 2.75) is 32.7 Å². The highest BCUT2D eigenvalue weighted by Gasteiger charge is 2.03. The molecular formula is C15H25IN6S. The van der Waals surface area contributed by atoms with E-state index in [1.807, 2.05) is 24.1 Å². The Morgan fingerprint density at radius 3 is 2.78 bits per heavy atom. The van der Waals surface area contributed by atoms with Gasteiger partial charge in [0.25, 0.3) is 0 Å². The van der Waals surface area contributed by atoms with Gasteiger partial charge in [-0.3, -0.25) is 9.67 Å². The van der Waals surface area contributed by atoms with Crippen molar-refractivity contribution in [3.05, 3.63) is 34.0 Å². The Hall–Kier alpha value is -1.16. The fraction of sp³-hybridized carbons (Fsp3) is 0.533. The first-order valence-corrected chi connectivity index (χ1v) is 8.38. The highest BCUT2D eigenvalue weighted by molar-refractivity contribution is 14.0. The Morgan fingerprint density at radius 2 is 2.17 bits per heavy atom. The minimum absolute atomic E-state index is 0. The van der Waals surface area contributed by atoms with Gasteiger partial charge in [0.15, 0.2) is 5.96 Å². The summed E-state index contributed by atoms with van der Waals surface area (Å²) in [7, 11) is 3.73. The molecular weight excluding hydrogens is 423 g/mol. The smallest absolute Gasteiger partial charge is 0.191 e. The number of rotatable bonds is 7. The van der Waals surface area contributed by atoms with Crippen molar-refractivity contribution in [1.29, 1.82) is 0 Å². The molecule has 0 radical (unpaired) electrons. The monoisotopic (exact) mass is 448 g/mol. The maximum atomic E-state index is 4.40. The molecule has 0 spiro atoms. The van der Waals surface area contributed by atoms with Gasteiger partial charge >= 0.3 is 0 Å². The van der Waals surface area contributed by atoms with E-state index in [1.165, 1.54) is 10.4 Å². The van der Waals surface area contributed by atoms with Crippen molar-refractivity contribution in [2.75, 3.05) is 13.6 Å². The third-order valence-corrected chi connectivity index (χ3v) is 4.42. The summed E-state index contributed by atoms with van der Waals surface area (Å²) >= 11 is 1.75. The Morgan fingerprint density at radius 1 is 1.35 bits per heavy atom. The lowest BCUT2D eigenvalue weighted by Crippen LogP contribution is -2.37. The minimum Gasteiger partial charge on any atom is -0.356 e. The van der Waals surface area contributed by atoms with Gasteiger partial charge in [-0.1, -0.05) is 6.92 Å². The highest BCUT2D eigenvalue weighted by atomic mass is 127. The van der Waals surface area contributed by atoms with Gasteiger partial charge < -0.3 is 10.6 Å². The molecule has 2 aromatic heterocycles. The fourth-order valence-corrected chi connectivity index (χ4v) is 2.88. The fourth-order valence-electron chi connectivity index (χ4n) is 2.07. The second-order valence-electron chi connectivity index (χ2n) is 5.05. The van der Waals surface area contributed by atoms with Crippen LogP contribution in [0.3, 0.4) is 0 Å². The largest absolute Gasteiger partial charge is 0.356 e. The highest BCUT2D eigenvalue weighted by Crippen LogP contribution is 2.12. The topological polar surface area (TPSA) is 67.1 Å². The molecule has 0 bridgehead atoms. The molecule has 0 unspecified atom stereocenters. The Bertz CT molecular complexity index is 607. The van der Waals surface area contributed by atoms with Crippen LogP contribution in [-0.4, -0.2) is 34.3 Å². The molecule has 0 aromatic carbocycles. The molecule has 6 nitrogen and oxygen atoms in total. The number of halogens is 1. The van der Waals surface area contributed by atoms with E-state index in [1.54, 1.807) is 18.4 Å². The first kappa shape index (κ1) is 19.9. The van der Waals surface area contributed by atoms with Crippen LogP contribution in [0.4, 0.5) is 0 Å². The maximum absolute atomic E-state index is 4.40. The van der Waals surface area contributed by atoms with E-state index in [0.29, 0.717) is 6.54 Å². The number of nitrogens with one attached hydrogen (secondary N) is 2. The average molecular weight is 448 g/mol. The van der Waals surface area contributed by atoms with Crippen molar-refractivity contribution in [2.24, 2.45) is 12.0 Å². The molecule has 0 amide bonds. The van der Waals surface area contributed by atoms with Crippen molar-refractivity contribution in [1.82, 2.24) is 25.4 Å². The van der Waals surface area contributed by atoms with Gasteiger partial charge in [-0.05, 0) is 24.8 Å². The van der Waals surface area contributed by atoms with Crippen LogP contribution in [0.1, 0.15) is 28.8 Å². The number of hydrogen-bond acceptors (Lipinski definition) is 4. The molecule has 0 atom stereocenters. The van der Waals surface area contributed by atoms with Crippen molar-refractivity contribution >= 4 is 41.3 Å². The zero-order valence-corrected chi connectivity index (χ0v) is 17.0. The second kappa shape index (κ2) is 10.6. The normalized spacial score (nSPS) is 11.2. The van der Waals surface area contributed by atoms with Crippen molar-refractivity contribution in [3.63, 3.8) is 0 Å². The molecule has 0 aliphatic carbocycles. The van der Waals surface area contributed by atoms with E-state index >= 15 is 0 Å². The standard InChI is InChI=1S/C15H24N6S.HI/c1-4-13-9-18-14(22-13)10-19-15(16-2)17-7-5-6-12-8-20-21(3)11-12;/h8-9,11H,4-7,10H2,1-3H3,(H2,16,17,19);1H. The third kappa shape index (κ3) is 6.86. The molecule has 2 rings (SSSR count). The summed E-state index contributed by atoms with van der Waals surface area (Å²) < 4.78 is 1.84. The molecule has 0 saturated heterocycles. The number of aromatic nitrogens is 3. The molecule has 2 N–H and O–H groups in total. The zero-order chi connectivity index (χ0) is 15.8. The van der Waals surface area contributed by atoms with Gasteiger partial charge in [0.05, 0.1) is 12.7 Å². The lowest BCUT2D eigenvalue weighted by Gasteiger charge is -2.10. The van der Waals surface area contributed by atoms with Gasteiger partial charge in [0, 0.05) is 37.9 Å². The molecule has 0 aliphatic rings. The zero-order valence-electron chi connectivity index (χ0n) is 13.9. The minimum atomic E-state index is 0. The number of guanidine groups is 1. The van der Waals surface area contributed by atoms with Crippen LogP contribution in [0.25, 0.3) is 0 Å². The predicted octanol–water partition coefficient (Wildman–Crippen LogP) is 2.35. The summed E-state index contributed by atoms with van der Waals surface area (Å²) in [6.07, 6.45) is 9.03. The molecule has 128 valence electrons. The first-order chi connectivity index (χ1) is 10.7. The SMILES string of the molecule is CCc1cnc(CNC(=NC)NCCCc2cnn(C)c2)s1.I. The third-order valence-electron chi connectivity index (χ3n) is 3.27. The average Bonchev–Trinajstić information content (AvgIpc) is 3.15. The summed E-state index contributed by atoms with van der Waals surface area (Å²) in [6.45, 7) is 3.74. The lowest BCUT2D eigenvalue weighted by molar-refractivity contribution is 0.738. The van der Waals surface area contributed by atoms with Crippen LogP contribution in [-0.2, 0) is 26.4 Å². The van der Waals surface area contributed by atoms with Gasteiger partial charge in [0.1, 0.15) is 5.01 Å². The Labute approximate surface area is 158 Å². The predicted molar refractivity (Wildman–Crippen MR) is 107 cm³/mol. The molecule has 0 aliphatic heterocycles. The molecule has 2 aromatic rings. The van der Waals surface area contributed by atoms with Gasteiger partial charge in [0.2, 0.25) is 0 Å². The number of hydrogen-bond donors (Lipinski definition) is 2. The van der Waals surface area contributed by atoms with Crippen LogP contribution < -0.4 is 10.6 Å². The van der Waals surface area contributed by atoms with Gasteiger partial charge in [-0.2, -0.15) is 5.10 Å². The molecule has 23 heavy (non-hydrogen) atoms. The van der Waals surface area contributed by atoms with Gasteiger partial charge in [-0.15, -0.1) is 35.3 Å². The van der Waals surface area contributed by atoms with E-state index < -0.39 is 0 Å². The maximum Gasteiger partial charge on any atom is 0.191 e. The van der Waals surface area contributed by atoms with Gasteiger partial charge in [-0.25, -0.2) is 4.98 Å². The number of nitrogens with zero attached hydrogens (tertiary/aromatic N) is 4. The van der Waals surface area contributed by atoms with Crippen LogP contribution in [0.2, 0.25) is 0 Å². The van der Waals surface area contributed by atoms with E-state index in [0.717, 1.165) is 36.8 Å². The Balaban J connectivity index is 0.00000264. The van der Waals surface area contributed by atoms with Crippen molar-refractivity contribution in [3.8, 4) is 0 Å². The van der Waals surface area contributed by atoms with E-state index in [9.17, 15) is 0 Å². The summed E-state index contributed by atoms with van der Waals surface area (Å²) in [5, 5.41) is 11.9. The van der Waals surface area contributed by atoms with Crippen LogP contribution >= 0.6 is 35.3 Å². The lowest BCUT2D eigenvalue weighted by atomic mass is 10.2. The van der Waals surface area contributed by atoms with E-state index in [2.05, 4.69) is 38.8 Å². The number of thiazole rings is 1. The van der Waals surface area contributed by atoms with Crippen LogP contribution in [0.15, 0.2) is 23.6 Å². The molecule has 2 heterocycles. The molecule has 8 heteroatoms. The number of aryl methyl sites for hydroxylation is 3. The quantitative estimate of drug-likeness (QED) is 0.296. The second-order valence-corrected chi connectivity index (χ2v) is 6.25. The van der Waals surface area contributed by atoms with Crippen LogP contribution in [0, 0.1) is 0 Å². The Kier molecular flexibility index (Phi) is 9.15.